The maximum Gasteiger partial charge on any atom is 0.262 e. The standard InChI is InChI=1S/C17H12Cl2N2O/c18-15-7-6-13(16(19)9-15)8-14(10-20)17(22)21-11-12-4-2-1-3-5-12/h1-9H,11H2,(H,21,22). The zero-order chi connectivity index (χ0) is 15.9. The first kappa shape index (κ1) is 16.1. The average molecular weight is 331 g/mol. The number of halogens is 2. The fourth-order valence-corrected chi connectivity index (χ4v) is 2.26. The fraction of sp³-hybridized carbons (Fsp3) is 0.0588. The maximum atomic E-state index is 12.1. The smallest absolute Gasteiger partial charge is 0.262 e. The van der Waals surface area contributed by atoms with Crippen molar-refractivity contribution < 1.29 is 4.79 Å². The number of hydrogen-bond donors (Lipinski definition) is 1. The molecule has 0 fully saturated rings. The Kier molecular flexibility index (Phi) is 5.60. The van der Waals surface area contributed by atoms with Gasteiger partial charge in [-0.05, 0) is 29.3 Å². The van der Waals surface area contributed by atoms with E-state index in [1.807, 2.05) is 36.4 Å². The third-order valence-electron chi connectivity index (χ3n) is 2.92. The minimum atomic E-state index is -0.447. The molecule has 2 rings (SSSR count). The van der Waals surface area contributed by atoms with Crippen molar-refractivity contribution in [2.75, 3.05) is 0 Å². The van der Waals surface area contributed by atoms with Crippen LogP contribution in [-0.4, -0.2) is 5.91 Å². The Bertz CT molecular complexity index is 749. The van der Waals surface area contributed by atoms with Crippen LogP contribution in [0, 0.1) is 11.3 Å². The van der Waals surface area contributed by atoms with Gasteiger partial charge in [0.25, 0.3) is 5.91 Å². The molecule has 0 aromatic heterocycles. The van der Waals surface area contributed by atoms with Gasteiger partial charge in [-0.3, -0.25) is 4.79 Å². The predicted octanol–water partition coefficient (Wildman–Crippen LogP) is 4.22. The molecule has 0 aliphatic carbocycles. The van der Waals surface area contributed by atoms with Crippen LogP contribution in [0.4, 0.5) is 0 Å². The van der Waals surface area contributed by atoms with Crippen molar-refractivity contribution in [1.82, 2.24) is 5.32 Å². The number of nitrogens with one attached hydrogen (secondary N) is 1. The molecule has 0 radical (unpaired) electrons. The van der Waals surface area contributed by atoms with Crippen LogP contribution in [0.25, 0.3) is 6.08 Å². The summed E-state index contributed by atoms with van der Waals surface area (Å²) in [5.74, 6) is -0.447. The highest BCUT2D eigenvalue weighted by atomic mass is 35.5. The van der Waals surface area contributed by atoms with E-state index in [4.69, 9.17) is 28.5 Å². The number of nitrogens with zero attached hydrogens (tertiary/aromatic N) is 1. The van der Waals surface area contributed by atoms with Crippen LogP contribution in [0.15, 0.2) is 54.1 Å². The molecule has 1 amide bonds. The summed E-state index contributed by atoms with van der Waals surface area (Å²) >= 11 is 11.9. The molecule has 0 heterocycles. The van der Waals surface area contributed by atoms with Gasteiger partial charge in [-0.2, -0.15) is 5.26 Å². The fourth-order valence-electron chi connectivity index (χ4n) is 1.80. The number of carbonyl (C=O) groups excluding carboxylic acids is 1. The number of hydrogen-bond acceptors (Lipinski definition) is 2. The molecule has 0 saturated heterocycles. The number of amides is 1. The molecule has 0 saturated carbocycles. The van der Waals surface area contributed by atoms with E-state index in [-0.39, 0.29) is 5.57 Å². The Morgan fingerprint density at radius 1 is 1.18 bits per heavy atom. The lowest BCUT2D eigenvalue weighted by Gasteiger charge is -2.05. The summed E-state index contributed by atoms with van der Waals surface area (Å²) in [4.78, 5) is 12.1. The van der Waals surface area contributed by atoms with Gasteiger partial charge in [-0.1, -0.05) is 59.6 Å². The lowest BCUT2D eigenvalue weighted by atomic mass is 10.1. The molecule has 2 aromatic carbocycles. The van der Waals surface area contributed by atoms with Crippen LogP contribution >= 0.6 is 23.2 Å². The second-order valence-corrected chi connectivity index (χ2v) is 5.35. The second-order valence-electron chi connectivity index (χ2n) is 4.50. The van der Waals surface area contributed by atoms with E-state index in [0.29, 0.717) is 22.2 Å². The van der Waals surface area contributed by atoms with Gasteiger partial charge in [0, 0.05) is 16.6 Å². The van der Waals surface area contributed by atoms with E-state index in [2.05, 4.69) is 5.32 Å². The molecule has 110 valence electrons. The maximum absolute atomic E-state index is 12.1. The molecule has 22 heavy (non-hydrogen) atoms. The molecule has 1 N–H and O–H groups in total. The van der Waals surface area contributed by atoms with Gasteiger partial charge >= 0.3 is 0 Å². The number of carbonyl (C=O) groups is 1. The Balaban J connectivity index is 2.12. The van der Waals surface area contributed by atoms with Crippen LogP contribution in [0.1, 0.15) is 11.1 Å². The third-order valence-corrected chi connectivity index (χ3v) is 3.49. The van der Waals surface area contributed by atoms with E-state index >= 15 is 0 Å². The lowest BCUT2D eigenvalue weighted by Crippen LogP contribution is -2.23. The summed E-state index contributed by atoms with van der Waals surface area (Å²) in [6, 6.07) is 16.2. The molecule has 0 bridgehead atoms. The molecule has 5 heteroatoms. The van der Waals surface area contributed by atoms with Gasteiger partial charge in [-0.25, -0.2) is 0 Å². The summed E-state index contributed by atoms with van der Waals surface area (Å²) in [5.41, 5.74) is 1.51. The Morgan fingerprint density at radius 2 is 1.91 bits per heavy atom. The molecule has 2 aromatic rings. The van der Waals surface area contributed by atoms with Crippen LogP contribution in [-0.2, 0) is 11.3 Å². The van der Waals surface area contributed by atoms with Crippen molar-refractivity contribution in [3.63, 3.8) is 0 Å². The Morgan fingerprint density at radius 3 is 2.55 bits per heavy atom. The summed E-state index contributed by atoms with van der Waals surface area (Å²) < 4.78 is 0. The van der Waals surface area contributed by atoms with Crippen LogP contribution in [0.5, 0.6) is 0 Å². The summed E-state index contributed by atoms with van der Waals surface area (Å²) in [6.45, 7) is 0.354. The van der Waals surface area contributed by atoms with Gasteiger partial charge in [0.05, 0.1) is 0 Å². The van der Waals surface area contributed by atoms with Gasteiger partial charge in [-0.15, -0.1) is 0 Å². The second kappa shape index (κ2) is 7.65. The topological polar surface area (TPSA) is 52.9 Å². The minimum Gasteiger partial charge on any atom is -0.347 e. The first-order chi connectivity index (χ1) is 10.6. The lowest BCUT2D eigenvalue weighted by molar-refractivity contribution is -0.117. The SMILES string of the molecule is N#CC(=Cc1ccc(Cl)cc1Cl)C(=O)NCc1ccccc1. The molecule has 0 atom stereocenters. The van der Waals surface area contributed by atoms with Gasteiger partial charge in [0.2, 0.25) is 0 Å². The first-order valence-electron chi connectivity index (χ1n) is 6.49. The zero-order valence-corrected chi connectivity index (χ0v) is 13.0. The van der Waals surface area contributed by atoms with Crippen LogP contribution in [0.3, 0.4) is 0 Å². The van der Waals surface area contributed by atoms with Crippen LogP contribution < -0.4 is 5.32 Å². The normalized spacial score (nSPS) is 10.9. The van der Waals surface area contributed by atoms with E-state index in [9.17, 15) is 4.79 Å². The quantitative estimate of drug-likeness (QED) is 0.674. The Labute approximate surface area is 138 Å². The van der Waals surface area contributed by atoms with Gasteiger partial charge in [0.1, 0.15) is 11.6 Å². The van der Waals surface area contributed by atoms with Crippen molar-refractivity contribution in [2.45, 2.75) is 6.54 Å². The highest BCUT2D eigenvalue weighted by Crippen LogP contribution is 2.23. The van der Waals surface area contributed by atoms with Crippen molar-refractivity contribution in [1.29, 1.82) is 5.26 Å². The summed E-state index contributed by atoms with van der Waals surface area (Å²) in [5, 5.41) is 12.7. The molecule has 3 nitrogen and oxygen atoms in total. The number of benzene rings is 2. The third kappa shape index (κ3) is 4.36. The molecular weight excluding hydrogens is 319 g/mol. The summed E-state index contributed by atoms with van der Waals surface area (Å²) in [7, 11) is 0. The molecular formula is C17H12Cl2N2O. The van der Waals surface area contributed by atoms with E-state index in [0.717, 1.165) is 5.56 Å². The van der Waals surface area contributed by atoms with Crippen molar-refractivity contribution in [2.24, 2.45) is 0 Å². The molecule has 0 aliphatic heterocycles. The summed E-state index contributed by atoms with van der Waals surface area (Å²) in [6.07, 6.45) is 1.44. The van der Waals surface area contributed by atoms with Crippen LogP contribution in [0.2, 0.25) is 10.0 Å². The van der Waals surface area contributed by atoms with E-state index < -0.39 is 5.91 Å². The molecule has 0 aliphatic rings. The van der Waals surface area contributed by atoms with Crippen molar-refractivity contribution in [3.8, 4) is 6.07 Å². The van der Waals surface area contributed by atoms with Gasteiger partial charge < -0.3 is 5.32 Å². The Hall–Kier alpha value is -2.28. The minimum absolute atomic E-state index is 0.0137. The monoisotopic (exact) mass is 330 g/mol. The van der Waals surface area contributed by atoms with Crippen molar-refractivity contribution >= 4 is 35.2 Å². The number of rotatable bonds is 4. The average Bonchev–Trinajstić information content (AvgIpc) is 2.53. The predicted molar refractivity (Wildman–Crippen MR) is 88.3 cm³/mol. The molecule has 0 unspecified atom stereocenters. The molecule has 0 spiro atoms. The van der Waals surface area contributed by atoms with E-state index in [1.54, 1.807) is 18.2 Å². The first-order valence-corrected chi connectivity index (χ1v) is 7.24. The zero-order valence-electron chi connectivity index (χ0n) is 11.5. The number of nitriles is 1. The highest BCUT2D eigenvalue weighted by Gasteiger charge is 2.10. The highest BCUT2D eigenvalue weighted by molar-refractivity contribution is 6.35. The largest absolute Gasteiger partial charge is 0.347 e. The van der Waals surface area contributed by atoms with Gasteiger partial charge in [0.15, 0.2) is 0 Å². The van der Waals surface area contributed by atoms with Crippen molar-refractivity contribution in [3.05, 3.63) is 75.3 Å². The van der Waals surface area contributed by atoms with E-state index in [1.165, 1.54) is 6.08 Å².